The minimum Gasteiger partial charge on any atom is -0.497 e. The number of hydrogen-bond donors (Lipinski definition) is 0. The molecule has 1 fully saturated rings. The highest BCUT2D eigenvalue weighted by atomic mass is 16.7. The van der Waals surface area contributed by atoms with Crippen LogP contribution in [0, 0.1) is 5.41 Å². The molecular weight excluding hydrogens is 276 g/mol. The topological polar surface area (TPSA) is 27.7 Å². The van der Waals surface area contributed by atoms with Crippen molar-refractivity contribution in [3.8, 4) is 5.75 Å². The van der Waals surface area contributed by atoms with Gasteiger partial charge in [-0.25, -0.2) is 0 Å². The van der Waals surface area contributed by atoms with E-state index in [2.05, 4.69) is 45.0 Å². The Kier molecular flexibility index (Phi) is 3.87. The van der Waals surface area contributed by atoms with E-state index in [-0.39, 0.29) is 5.41 Å². The van der Waals surface area contributed by atoms with Gasteiger partial charge in [-0.1, -0.05) is 39.0 Å². The molecule has 1 heterocycles. The van der Waals surface area contributed by atoms with Crippen LogP contribution in [-0.4, -0.2) is 20.3 Å². The van der Waals surface area contributed by atoms with Crippen molar-refractivity contribution in [2.24, 2.45) is 5.41 Å². The molecule has 3 rings (SSSR count). The van der Waals surface area contributed by atoms with E-state index < -0.39 is 5.79 Å². The Labute approximate surface area is 132 Å². The van der Waals surface area contributed by atoms with Gasteiger partial charge in [-0.05, 0) is 29.0 Å². The first-order valence-corrected chi connectivity index (χ1v) is 7.84. The molecular formula is C19H24O3. The Bertz CT molecular complexity index is 665. The van der Waals surface area contributed by atoms with Crippen molar-refractivity contribution in [1.29, 1.82) is 0 Å². The summed E-state index contributed by atoms with van der Waals surface area (Å²) < 4.78 is 17.6. The van der Waals surface area contributed by atoms with Crippen molar-refractivity contribution in [3.63, 3.8) is 0 Å². The maximum absolute atomic E-state index is 6.16. The summed E-state index contributed by atoms with van der Waals surface area (Å²) in [6, 6.07) is 12.5. The molecule has 0 unspecified atom stereocenters. The predicted octanol–water partition coefficient (Wildman–Crippen LogP) is 4.48. The van der Waals surface area contributed by atoms with E-state index in [0.29, 0.717) is 13.2 Å². The first-order chi connectivity index (χ1) is 10.5. The van der Waals surface area contributed by atoms with E-state index in [4.69, 9.17) is 14.2 Å². The molecule has 0 aromatic heterocycles. The van der Waals surface area contributed by atoms with Gasteiger partial charge < -0.3 is 14.2 Å². The van der Waals surface area contributed by atoms with E-state index in [1.165, 1.54) is 5.39 Å². The Morgan fingerprint density at radius 1 is 1.00 bits per heavy atom. The van der Waals surface area contributed by atoms with Crippen molar-refractivity contribution in [3.05, 3.63) is 42.0 Å². The van der Waals surface area contributed by atoms with Crippen molar-refractivity contribution >= 4 is 10.8 Å². The minimum absolute atomic E-state index is 0.0723. The highest BCUT2D eigenvalue weighted by molar-refractivity contribution is 5.84. The standard InChI is InChI=1S/C19H24O3/c1-5-19(21-12-18(2,3)13-22-19)16-8-6-15-11-17(20-4)9-7-14(15)10-16/h6-11H,5,12-13H2,1-4H3. The SMILES string of the molecule is CCC1(c2ccc3cc(OC)ccc3c2)OCC(C)(C)CO1. The van der Waals surface area contributed by atoms with Crippen LogP contribution in [0.2, 0.25) is 0 Å². The second kappa shape index (κ2) is 5.56. The number of fused-ring (bicyclic) bond motifs is 1. The second-order valence-corrected chi connectivity index (χ2v) is 6.78. The Hall–Kier alpha value is -1.58. The summed E-state index contributed by atoms with van der Waals surface area (Å²) in [5.41, 5.74) is 1.16. The third kappa shape index (κ3) is 2.71. The summed E-state index contributed by atoms with van der Waals surface area (Å²) in [6.45, 7) is 7.86. The third-order valence-corrected chi connectivity index (χ3v) is 4.34. The smallest absolute Gasteiger partial charge is 0.194 e. The fourth-order valence-electron chi connectivity index (χ4n) is 2.87. The van der Waals surface area contributed by atoms with Crippen molar-refractivity contribution < 1.29 is 14.2 Å². The van der Waals surface area contributed by atoms with Gasteiger partial charge in [-0.2, -0.15) is 0 Å². The van der Waals surface area contributed by atoms with Gasteiger partial charge in [0.2, 0.25) is 0 Å². The van der Waals surface area contributed by atoms with Crippen LogP contribution >= 0.6 is 0 Å². The molecule has 2 aromatic rings. The number of methoxy groups -OCH3 is 1. The van der Waals surface area contributed by atoms with Gasteiger partial charge in [0.1, 0.15) is 5.75 Å². The zero-order valence-corrected chi connectivity index (χ0v) is 13.8. The molecule has 0 atom stereocenters. The van der Waals surface area contributed by atoms with Crippen LogP contribution in [-0.2, 0) is 15.3 Å². The molecule has 1 saturated heterocycles. The van der Waals surface area contributed by atoms with E-state index >= 15 is 0 Å². The van der Waals surface area contributed by atoms with E-state index in [1.807, 2.05) is 12.1 Å². The van der Waals surface area contributed by atoms with Gasteiger partial charge in [-0.3, -0.25) is 0 Å². The zero-order chi connectivity index (χ0) is 15.8. The van der Waals surface area contributed by atoms with E-state index in [0.717, 1.165) is 23.1 Å². The lowest BCUT2D eigenvalue weighted by molar-refractivity contribution is -0.309. The quantitative estimate of drug-likeness (QED) is 0.836. The van der Waals surface area contributed by atoms with Crippen LogP contribution in [0.15, 0.2) is 36.4 Å². The lowest BCUT2D eigenvalue weighted by Gasteiger charge is -2.43. The molecule has 0 N–H and O–H groups in total. The molecule has 1 aliphatic rings. The molecule has 0 bridgehead atoms. The van der Waals surface area contributed by atoms with Gasteiger partial charge >= 0.3 is 0 Å². The average Bonchev–Trinajstić information content (AvgIpc) is 2.54. The van der Waals surface area contributed by atoms with Gasteiger partial charge in [0, 0.05) is 17.4 Å². The Morgan fingerprint density at radius 3 is 2.27 bits per heavy atom. The molecule has 22 heavy (non-hydrogen) atoms. The van der Waals surface area contributed by atoms with Crippen LogP contribution in [0.1, 0.15) is 32.8 Å². The Balaban J connectivity index is 1.97. The van der Waals surface area contributed by atoms with Crippen LogP contribution in [0.5, 0.6) is 5.75 Å². The largest absolute Gasteiger partial charge is 0.497 e. The minimum atomic E-state index is -0.621. The molecule has 2 aromatic carbocycles. The highest BCUT2D eigenvalue weighted by Crippen LogP contribution is 2.39. The van der Waals surface area contributed by atoms with E-state index in [9.17, 15) is 0 Å². The molecule has 0 saturated carbocycles. The second-order valence-electron chi connectivity index (χ2n) is 6.78. The van der Waals surface area contributed by atoms with Gasteiger partial charge in [0.15, 0.2) is 5.79 Å². The summed E-state index contributed by atoms with van der Waals surface area (Å²) in [5.74, 6) is 0.251. The molecule has 0 radical (unpaired) electrons. The summed E-state index contributed by atoms with van der Waals surface area (Å²) in [6.07, 6.45) is 0.796. The fraction of sp³-hybridized carbons (Fsp3) is 0.474. The maximum Gasteiger partial charge on any atom is 0.194 e. The predicted molar refractivity (Wildman–Crippen MR) is 88.2 cm³/mol. The number of ether oxygens (including phenoxy) is 3. The van der Waals surface area contributed by atoms with Crippen molar-refractivity contribution in [2.45, 2.75) is 33.0 Å². The molecule has 0 amide bonds. The normalized spacial score (nSPS) is 20.0. The first-order valence-electron chi connectivity index (χ1n) is 7.84. The van der Waals surface area contributed by atoms with Gasteiger partial charge in [0.05, 0.1) is 20.3 Å². The molecule has 3 heteroatoms. The van der Waals surface area contributed by atoms with E-state index in [1.54, 1.807) is 7.11 Å². The van der Waals surface area contributed by atoms with Crippen LogP contribution in [0.4, 0.5) is 0 Å². The molecule has 0 aliphatic carbocycles. The van der Waals surface area contributed by atoms with Gasteiger partial charge in [0.25, 0.3) is 0 Å². The summed E-state index contributed by atoms with van der Waals surface area (Å²) in [4.78, 5) is 0. The molecule has 118 valence electrons. The number of benzene rings is 2. The molecule has 1 aliphatic heterocycles. The summed E-state index contributed by atoms with van der Waals surface area (Å²) >= 11 is 0. The zero-order valence-electron chi connectivity index (χ0n) is 13.8. The highest BCUT2D eigenvalue weighted by Gasteiger charge is 2.40. The van der Waals surface area contributed by atoms with Crippen LogP contribution in [0.3, 0.4) is 0 Å². The van der Waals surface area contributed by atoms with Crippen molar-refractivity contribution in [1.82, 2.24) is 0 Å². The number of hydrogen-bond acceptors (Lipinski definition) is 3. The maximum atomic E-state index is 6.16. The summed E-state index contributed by atoms with van der Waals surface area (Å²) in [7, 11) is 1.69. The van der Waals surface area contributed by atoms with Gasteiger partial charge in [-0.15, -0.1) is 0 Å². The lowest BCUT2D eigenvalue weighted by Crippen LogP contribution is -2.45. The third-order valence-electron chi connectivity index (χ3n) is 4.34. The molecule has 0 spiro atoms. The lowest BCUT2D eigenvalue weighted by atomic mass is 9.92. The Morgan fingerprint density at radius 2 is 1.64 bits per heavy atom. The monoisotopic (exact) mass is 300 g/mol. The van der Waals surface area contributed by atoms with Crippen LogP contribution in [0.25, 0.3) is 10.8 Å². The fourth-order valence-corrected chi connectivity index (χ4v) is 2.87. The average molecular weight is 300 g/mol. The number of rotatable bonds is 3. The summed E-state index contributed by atoms with van der Waals surface area (Å²) in [5, 5.41) is 2.33. The molecule has 3 nitrogen and oxygen atoms in total. The van der Waals surface area contributed by atoms with Crippen LogP contribution < -0.4 is 4.74 Å². The first kappa shape index (κ1) is 15.3. The van der Waals surface area contributed by atoms with Crippen molar-refractivity contribution in [2.75, 3.05) is 20.3 Å².